The maximum atomic E-state index is 11.7. The molecule has 2 aromatic carbocycles. The third-order valence-corrected chi connectivity index (χ3v) is 3.84. The minimum atomic E-state index is -0.337. The third kappa shape index (κ3) is 5.81. The van der Waals surface area contributed by atoms with Crippen molar-refractivity contribution < 1.29 is 19.1 Å². The first-order valence-electron chi connectivity index (χ1n) is 8.62. The van der Waals surface area contributed by atoms with Crippen LogP contribution < -0.4 is 20.1 Å². The number of amides is 2. The second kappa shape index (κ2) is 8.38. The average Bonchev–Trinajstić information content (AvgIpc) is 3.45. The van der Waals surface area contributed by atoms with E-state index in [1.807, 2.05) is 31.2 Å². The van der Waals surface area contributed by atoms with Crippen molar-refractivity contribution in [2.24, 2.45) is 0 Å². The quantitative estimate of drug-likeness (QED) is 0.764. The van der Waals surface area contributed by atoms with E-state index >= 15 is 0 Å². The molecule has 1 aliphatic carbocycles. The highest BCUT2D eigenvalue weighted by atomic mass is 16.5. The minimum Gasteiger partial charge on any atom is -0.484 e. The van der Waals surface area contributed by atoms with Crippen molar-refractivity contribution in [1.29, 1.82) is 0 Å². The van der Waals surface area contributed by atoms with E-state index in [0.717, 1.165) is 18.6 Å². The lowest BCUT2D eigenvalue weighted by Crippen LogP contribution is -2.39. The molecule has 136 valence electrons. The van der Waals surface area contributed by atoms with Gasteiger partial charge < -0.3 is 20.1 Å². The van der Waals surface area contributed by atoms with Crippen LogP contribution in [-0.2, 0) is 9.59 Å². The van der Waals surface area contributed by atoms with Crippen molar-refractivity contribution in [1.82, 2.24) is 10.6 Å². The average molecular weight is 354 g/mol. The van der Waals surface area contributed by atoms with Crippen molar-refractivity contribution in [3.8, 4) is 17.2 Å². The van der Waals surface area contributed by atoms with Gasteiger partial charge in [0.15, 0.2) is 6.61 Å². The Hall–Kier alpha value is -3.02. The molecule has 1 aliphatic rings. The van der Waals surface area contributed by atoms with Crippen LogP contribution in [0.2, 0.25) is 0 Å². The number of ether oxygens (including phenoxy) is 2. The summed E-state index contributed by atoms with van der Waals surface area (Å²) >= 11 is 0. The monoisotopic (exact) mass is 354 g/mol. The number of nitrogens with one attached hydrogen (secondary N) is 2. The molecule has 0 bridgehead atoms. The van der Waals surface area contributed by atoms with Crippen molar-refractivity contribution in [2.45, 2.75) is 25.8 Å². The summed E-state index contributed by atoms with van der Waals surface area (Å²) in [5.41, 5.74) is 1.17. The van der Waals surface area contributed by atoms with Crippen molar-refractivity contribution in [2.75, 3.05) is 13.2 Å². The molecule has 0 aliphatic heterocycles. The third-order valence-electron chi connectivity index (χ3n) is 3.84. The van der Waals surface area contributed by atoms with Gasteiger partial charge in [0, 0.05) is 6.04 Å². The highest BCUT2D eigenvalue weighted by molar-refractivity contribution is 5.85. The van der Waals surface area contributed by atoms with Gasteiger partial charge in [-0.1, -0.05) is 17.7 Å². The van der Waals surface area contributed by atoms with E-state index < -0.39 is 0 Å². The summed E-state index contributed by atoms with van der Waals surface area (Å²) in [4.78, 5) is 23.2. The van der Waals surface area contributed by atoms with Crippen molar-refractivity contribution >= 4 is 11.8 Å². The lowest BCUT2D eigenvalue weighted by atomic mass is 10.2. The highest BCUT2D eigenvalue weighted by Crippen LogP contribution is 2.24. The van der Waals surface area contributed by atoms with Gasteiger partial charge in [-0.05, 0) is 56.2 Å². The first kappa shape index (κ1) is 17.8. The van der Waals surface area contributed by atoms with Gasteiger partial charge >= 0.3 is 0 Å². The molecule has 0 unspecified atom stereocenters. The fraction of sp³-hybridized carbons (Fsp3) is 0.300. The molecule has 2 N–H and O–H groups in total. The Kier molecular flexibility index (Phi) is 5.73. The molecule has 1 fully saturated rings. The number of hydrogen-bond donors (Lipinski definition) is 2. The van der Waals surface area contributed by atoms with Gasteiger partial charge in [0.1, 0.15) is 17.2 Å². The molecule has 0 radical (unpaired) electrons. The zero-order valence-electron chi connectivity index (χ0n) is 14.7. The second-order valence-corrected chi connectivity index (χ2v) is 6.29. The van der Waals surface area contributed by atoms with Gasteiger partial charge in [-0.25, -0.2) is 0 Å². The van der Waals surface area contributed by atoms with E-state index in [1.54, 1.807) is 24.3 Å². The lowest BCUT2D eigenvalue weighted by Gasteiger charge is -2.09. The van der Waals surface area contributed by atoms with Crippen LogP contribution in [0, 0.1) is 6.92 Å². The Morgan fingerprint density at radius 2 is 1.50 bits per heavy atom. The predicted molar refractivity (Wildman–Crippen MR) is 97.4 cm³/mol. The van der Waals surface area contributed by atoms with E-state index in [4.69, 9.17) is 9.47 Å². The van der Waals surface area contributed by atoms with Crippen molar-refractivity contribution in [3.63, 3.8) is 0 Å². The zero-order chi connectivity index (χ0) is 18.4. The summed E-state index contributed by atoms with van der Waals surface area (Å²) < 4.78 is 11.2. The van der Waals surface area contributed by atoms with Crippen LogP contribution in [0.5, 0.6) is 17.2 Å². The van der Waals surface area contributed by atoms with Gasteiger partial charge in [-0.3, -0.25) is 9.59 Å². The zero-order valence-corrected chi connectivity index (χ0v) is 14.7. The number of rotatable bonds is 8. The molecule has 2 aromatic rings. The predicted octanol–water partition coefficient (Wildman–Crippen LogP) is 2.56. The molecule has 26 heavy (non-hydrogen) atoms. The smallest absolute Gasteiger partial charge is 0.258 e. The van der Waals surface area contributed by atoms with E-state index in [1.165, 1.54) is 5.56 Å². The van der Waals surface area contributed by atoms with E-state index in [2.05, 4.69) is 10.6 Å². The van der Waals surface area contributed by atoms with Crippen LogP contribution >= 0.6 is 0 Å². The van der Waals surface area contributed by atoms with Gasteiger partial charge in [-0.15, -0.1) is 0 Å². The SMILES string of the molecule is Cc1ccc(Oc2ccc(OCC(=O)NCC(=O)NC3CC3)cc2)cc1. The van der Waals surface area contributed by atoms with Gasteiger partial charge in [0.25, 0.3) is 5.91 Å². The fourth-order valence-corrected chi connectivity index (χ4v) is 2.23. The van der Waals surface area contributed by atoms with Crippen LogP contribution in [0.25, 0.3) is 0 Å². The lowest BCUT2D eigenvalue weighted by molar-refractivity contribution is -0.127. The molecule has 6 heteroatoms. The summed E-state index contributed by atoms with van der Waals surface area (Å²) in [6.45, 7) is 1.85. The van der Waals surface area contributed by atoms with Crippen LogP contribution in [0.15, 0.2) is 48.5 Å². The molecule has 0 atom stereocenters. The summed E-state index contributed by atoms with van der Waals surface area (Å²) in [6, 6.07) is 15.1. The molecule has 3 rings (SSSR count). The molecule has 0 aromatic heterocycles. The van der Waals surface area contributed by atoms with E-state index in [9.17, 15) is 9.59 Å². The Morgan fingerprint density at radius 3 is 2.12 bits per heavy atom. The van der Waals surface area contributed by atoms with Crippen LogP contribution in [0.4, 0.5) is 0 Å². The number of carbonyl (C=O) groups is 2. The van der Waals surface area contributed by atoms with Crippen molar-refractivity contribution in [3.05, 3.63) is 54.1 Å². The molecule has 6 nitrogen and oxygen atoms in total. The maximum absolute atomic E-state index is 11.7. The summed E-state index contributed by atoms with van der Waals surface area (Å²) in [7, 11) is 0. The Labute approximate surface area is 152 Å². The Morgan fingerprint density at radius 1 is 0.923 bits per heavy atom. The van der Waals surface area contributed by atoms with E-state index in [0.29, 0.717) is 11.5 Å². The standard InChI is InChI=1S/C20H22N2O4/c1-14-2-6-17(7-3-14)26-18-10-8-16(9-11-18)25-13-20(24)21-12-19(23)22-15-4-5-15/h2-3,6-11,15H,4-5,12-13H2,1H3,(H,21,24)(H,22,23). The van der Waals surface area contributed by atoms with E-state index in [-0.39, 0.29) is 31.0 Å². The van der Waals surface area contributed by atoms with Gasteiger partial charge in [0.05, 0.1) is 6.54 Å². The summed E-state index contributed by atoms with van der Waals surface area (Å²) in [5.74, 6) is 1.49. The van der Waals surface area contributed by atoms with Gasteiger partial charge in [-0.2, -0.15) is 0 Å². The minimum absolute atomic E-state index is 0.0258. The van der Waals surface area contributed by atoms with Crippen LogP contribution in [0.1, 0.15) is 18.4 Å². The molecule has 2 amide bonds. The van der Waals surface area contributed by atoms with Crippen LogP contribution in [0.3, 0.4) is 0 Å². The highest BCUT2D eigenvalue weighted by Gasteiger charge is 2.23. The molecular formula is C20H22N2O4. The molecular weight excluding hydrogens is 332 g/mol. The number of aryl methyl sites for hydroxylation is 1. The Balaban J connectivity index is 1.39. The number of carbonyl (C=O) groups excluding carboxylic acids is 2. The summed E-state index contributed by atoms with van der Waals surface area (Å²) in [5, 5.41) is 5.34. The topological polar surface area (TPSA) is 76.7 Å². The molecule has 0 saturated heterocycles. The molecule has 0 heterocycles. The first-order chi connectivity index (χ1) is 12.6. The van der Waals surface area contributed by atoms with Gasteiger partial charge in [0.2, 0.25) is 5.91 Å². The molecule has 1 saturated carbocycles. The fourth-order valence-electron chi connectivity index (χ4n) is 2.23. The molecule has 0 spiro atoms. The summed E-state index contributed by atoms with van der Waals surface area (Å²) in [6.07, 6.45) is 2.04. The second-order valence-electron chi connectivity index (χ2n) is 6.29. The largest absolute Gasteiger partial charge is 0.484 e. The number of benzene rings is 2. The Bertz CT molecular complexity index is 752. The first-order valence-corrected chi connectivity index (χ1v) is 8.62. The number of hydrogen-bond acceptors (Lipinski definition) is 4. The maximum Gasteiger partial charge on any atom is 0.258 e. The van der Waals surface area contributed by atoms with Crippen LogP contribution in [-0.4, -0.2) is 31.0 Å². The normalized spacial score (nSPS) is 13.0.